The lowest BCUT2D eigenvalue weighted by molar-refractivity contribution is 0.248. The standard InChI is InChI=1S/C20H44O2Si/c1-5-6-7-8-9-10-11-12-13-14-15-16-17-18-19-20-23(4,21-2)22-3/h5-20H2,1-4H3. The molecule has 0 aliphatic rings. The van der Waals surface area contributed by atoms with Crippen molar-refractivity contribution in [3.63, 3.8) is 0 Å². The molecule has 0 amide bonds. The van der Waals surface area contributed by atoms with E-state index in [0.717, 1.165) is 6.04 Å². The molecule has 0 rings (SSSR count). The minimum Gasteiger partial charge on any atom is -0.398 e. The molecule has 3 heteroatoms. The first-order chi connectivity index (χ1) is 11.2. The van der Waals surface area contributed by atoms with Crippen LogP contribution in [0.1, 0.15) is 103 Å². The van der Waals surface area contributed by atoms with E-state index in [1.165, 1.54) is 96.3 Å². The highest BCUT2D eigenvalue weighted by molar-refractivity contribution is 6.65. The fraction of sp³-hybridized carbons (Fsp3) is 1.00. The Balaban J connectivity index is 3.14. The molecular weight excluding hydrogens is 300 g/mol. The average Bonchev–Trinajstić information content (AvgIpc) is 2.58. The molecule has 0 saturated heterocycles. The molecular formula is C20H44O2Si. The molecule has 0 saturated carbocycles. The lowest BCUT2D eigenvalue weighted by atomic mass is 10.0. The molecule has 0 aliphatic heterocycles. The number of unbranched alkanes of at least 4 members (excludes halogenated alkanes) is 14. The van der Waals surface area contributed by atoms with Gasteiger partial charge in [0, 0.05) is 14.2 Å². The number of hydrogen-bond donors (Lipinski definition) is 0. The lowest BCUT2D eigenvalue weighted by Crippen LogP contribution is -2.35. The molecule has 0 spiro atoms. The second kappa shape index (κ2) is 17.0. The first-order valence-electron chi connectivity index (χ1n) is 10.3. The van der Waals surface area contributed by atoms with Crippen LogP contribution >= 0.6 is 0 Å². The highest BCUT2D eigenvalue weighted by atomic mass is 28.4. The van der Waals surface area contributed by atoms with Gasteiger partial charge in [-0.1, -0.05) is 103 Å². The Bertz CT molecular complexity index is 230. The Hall–Kier alpha value is 0.137. The van der Waals surface area contributed by atoms with Gasteiger partial charge in [-0.15, -0.1) is 0 Å². The molecule has 0 unspecified atom stereocenters. The van der Waals surface area contributed by atoms with E-state index in [-0.39, 0.29) is 0 Å². The third kappa shape index (κ3) is 15.4. The summed E-state index contributed by atoms with van der Waals surface area (Å²) in [6.45, 7) is 4.45. The zero-order valence-corrected chi connectivity index (χ0v) is 17.6. The summed E-state index contributed by atoms with van der Waals surface area (Å²) in [6.07, 6.45) is 21.3. The van der Waals surface area contributed by atoms with Crippen molar-refractivity contribution in [3.05, 3.63) is 0 Å². The molecule has 0 N–H and O–H groups in total. The predicted molar refractivity (Wildman–Crippen MR) is 105 cm³/mol. The van der Waals surface area contributed by atoms with E-state index in [0.29, 0.717) is 0 Å². The van der Waals surface area contributed by atoms with Gasteiger partial charge >= 0.3 is 8.56 Å². The molecule has 0 aromatic heterocycles. The second-order valence-electron chi connectivity index (χ2n) is 7.24. The summed E-state index contributed by atoms with van der Waals surface area (Å²) in [6, 6.07) is 1.14. The Labute approximate surface area is 148 Å². The van der Waals surface area contributed by atoms with Gasteiger partial charge in [-0.25, -0.2) is 0 Å². The van der Waals surface area contributed by atoms with Crippen LogP contribution in [0.2, 0.25) is 12.6 Å². The van der Waals surface area contributed by atoms with E-state index < -0.39 is 8.56 Å². The summed E-state index contributed by atoms with van der Waals surface area (Å²) in [4.78, 5) is 0. The lowest BCUT2D eigenvalue weighted by Gasteiger charge is -2.22. The molecule has 23 heavy (non-hydrogen) atoms. The van der Waals surface area contributed by atoms with E-state index in [1.807, 2.05) is 0 Å². The third-order valence-corrected chi connectivity index (χ3v) is 8.09. The molecule has 0 fully saturated rings. The Morgan fingerprint density at radius 1 is 0.522 bits per heavy atom. The summed E-state index contributed by atoms with van der Waals surface area (Å²) in [5.74, 6) is 0. The van der Waals surface area contributed by atoms with Crippen molar-refractivity contribution in [1.82, 2.24) is 0 Å². The SMILES string of the molecule is CCCCCCCCCCCCCCCCC[Si](C)(OC)OC. The van der Waals surface area contributed by atoms with E-state index in [9.17, 15) is 0 Å². The van der Waals surface area contributed by atoms with Crippen molar-refractivity contribution in [1.29, 1.82) is 0 Å². The summed E-state index contributed by atoms with van der Waals surface area (Å²) in [7, 11) is 1.78. The van der Waals surface area contributed by atoms with Crippen molar-refractivity contribution in [2.75, 3.05) is 14.2 Å². The van der Waals surface area contributed by atoms with Gasteiger partial charge in [-0.2, -0.15) is 0 Å². The van der Waals surface area contributed by atoms with Crippen molar-refractivity contribution in [2.45, 2.75) is 116 Å². The zero-order valence-electron chi connectivity index (χ0n) is 16.6. The maximum Gasteiger partial charge on any atom is 0.334 e. The van der Waals surface area contributed by atoms with E-state index in [2.05, 4.69) is 13.5 Å². The smallest absolute Gasteiger partial charge is 0.334 e. The minimum absolute atomic E-state index is 1.14. The van der Waals surface area contributed by atoms with E-state index in [1.54, 1.807) is 14.2 Å². The maximum absolute atomic E-state index is 5.52. The summed E-state index contributed by atoms with van der Waals surface area (Å²) >= 11 is 0. The van der Waals surface area contributed by atoms with Gasteiger partial charge in [-0.05, 0) is 12.6 Å². The number of hydrogen-bond acceptors (Lipinski definition) is 2. The zero-order chi connectivity index (χ0) is 17.2. The third-order valence-electron chi connectivity index (χ3n) is 5.10. The van der Waals surface area contributed by atoms with Crippen molar-refractivity contribution in [2.24, 2.45) is 0 Å². The highest BCUT2D eigenvalue weighted by Crippen LogP contribution is 2.18. The van der Waals surface area contributed by atoms with Crippen LogP contribution in [0.3, 0.4) is 0 Å². The van der Waals surface area contributed by atoms with Crippen LogP contribution in [0.4, 0.5) is 0 Å². The van der Waals surface area contributed by atoms with Crippen LogP contribution in [-0.4, -0.2) is 22.8 Å². The summed E-state index contributed by atoms with van der Waals surface area (Å²) < 4.78 is 11.0. The van der Waals surface area contributed by atoms with Gasteiger partial charge in [0.15, 0.2) is 0 Å². The first kappa shape index (κ1) is 23.1. The monoisotopic (exact) mass is 344 g/mol. The Morgan fingerprint density at radius 3 is 1.13 bits per heavy atom. The van der Waals surface area contributed by atoms with Crippen molar-refractivity contribution in [3.8, 4) is 0 Å². The van der Waals surface area contributed by atoms with Crippen LogP contribution in [-0.2, 0) is 8.85 Å². The molecule has 0 heterocycles. The fourth-order valence-corrected chi connectivity index (χ4v) is 4.57. The average molecular weight is 345 g/mol. The second-order valence-corrected chi connectivity index (χ2v) is 10.8. The first-order valence-corrected chi connectivity index (χ1v) is 12.8. The molecule has 0 aromatic rings. The summed E-state index contributed by atoms with van der Waals surface area (Å²) in [5.41, 5.74) is 0. The minimum atomic E-state index is -1.80. The van der Waals surface area contributed by atoms with Gasteiger partial charge in [0.25, 0.3) is 0 Å². The van der Waals surface area contributed by atoms with Gasteiger partial charge in [0.05, 0.1) is 0 Å². The summed E-state index contributed by atoms with van der Waals surface area (Å²) in [5, 5.41) is 0. The fourth-order valence-electron chi connectivity index (χ4n) is 3.10. The maximum atomic E-state index is 5.52. The molecule has 0 bridgehead atoms. The normalized spacial score (nSPS) is 12.0. The molecule has 140 valence electrons. The van der Waals surface area contributed by atoms with Crippen LogP contribution < -0.4 is 0 Å². The number of rotatable bonds is 18. The van der Waals surface area contributed by atoms with E-state index >= 15 is 0 Å². The van der Waals surface area contributed by atoms with Crippen LogP contribution in [0.25, 0.3) is 0 Å². The highest BCUT2D eigenvalue weighted by Gasteiger charge is 2.27. The molecule has 0 atom stereocenters. The topological polar surface area (TPSA) is 18.5 Å². The van der Waals surface area contributed by atoms with Crippen molar-refractivity contribution >= 4 is 8.56 Å². The van der Waals surface area contributed by atoms with Gasteiger partial charge in [0.2, 0.25) is 0 Å². The molecule has 0 aromatic carbocycles. The van der Waals surface area contributed by atoms with Gasteiger partial charge in [0.1, 0.15) is 0 Å². The largest absolute Gasteiger partial charge is 0.398 e. The van der Waals surface area contributed by atoms with Gasteiger partial charge in [-0.3, -0.25) is 0 Å². The van der Waals surface area contributed by atoms with Crippen LogP contribution in [0.15, 0.2) is 0 Å². The molecule has 2 nitrogen and oxygen atoms in total. The molecule has 0 aliphatic carbocycles. The van der Waals surface area contributed by atoms with Crippen molar-refractivity contribution < 1.29 is 8.85 Å². The Morgan fingerprint density at radius 2 is 0.826 bits per heavy atom. The van der Waals surface area contributed by atoms with Gasteiger partial charge < -0.3 is 8.85 Å². The van der Waals surface area contributed by atoms with Crippen LogP contribution in [0.5, 0.6) is 0 Å². The quantitative estimate of drug-likeness (QED) is 0.193. The molecule has 0 radical (unpaired) electrons. The van der Waals surface area contributed by atoms with E-state index in [4.69, 9.17) is 8.85 Å². The Kier molecular flexibility index (Phi) is 17.1. The van der Waals surface area contributed by atoms with Crippen LogP contribution in [0, 0.1) is 0 Å². The predicted octanol–water partition coefficient (Wildman–Crippen LogP) is 7.22.